The van der Waals surface area contributed by atoms with Gasteiger partial charge in [0.2, 0.25) is 0 Å². The van der Waals surface area contributed by atoms with Crippen LogP contribution in [0.5, 0.6) is 11.5 Å². The van der Waals surface area contributed by atoms with E-state index in [0.717, 1.165) is 11.1 Å². The van der Waals surface area contributed by atoms with E-state index in [-0.39, 0.29) is 26.0 Å². The molecule has 0 aliphatic rings. The van der Waals surface area contributed by atoms with Crippen LogP contribution in [0.1, 0.15) is 11.1 Å². The van der Waals surface area contributed by atoms with Gasteiger partial charge in [-0.3, -0.25) is 4.79 Å². The van der Waals surface area contributed by atoms with E-state index in [1.54, 1.807) is 12.1 Å². The van der Waals surface area contributed by atoms with Crippen LogP contribution < -0.4 is 9.47 Å². The van der Waals surface area contributed by atoms with Gasteiger partial charge < -0.3 is 23.7 Å². The average Bonchev–Trinajstić information content (AvgIpc) is 2.70. The molecule has 2 rings (SSSR count). The molecule has 0 radical (unpaired) electrons. The van der Waals surface area contributed by atoms with Gasteiger partial charge in [-0.2, -0.15) is 0 Å². The first-order valence-electron chi connectivity index (χ1n) is 8.34. The molecule has 0 saturated carbocycles. The standard InChI is InChI=1S/C21H24O6/c1-5-16-17(11-20(22)25-4)21(15-9-7-6-8-10-15)19(27-14-24-3)12-18(16)26-13-23-2/h5-10,12H,1,11,13-14H2,2-4H3. The SMILES string of the molecule is C=Cc1c(OCOC)cc(OCOC)c(-c2ccccc2)c1CC(=O)OC. The topological polar surface area (TPSA) is 63.2 Å². The van der Waals surface area contributed by atoms with Crippen molar-refractivity contribution in [3.63, 3.8) is 0 Å². The van der Waals surface area contributed by atoms with Crippen molar-refractivity contribution in [3.05, 3.63) is 54.1 Å². The summed E-state index contributed by atoms with van der Waals surface area (Å²) in [4.78, 5) is 12.1. The van der Waals surface area contributed by atoms with Crippen LogP contribution in [0.3, 0.4) is 0 Å². The first kappa shape index (κ1) is 20.5. The van der Waals surface area contributed by atoms with Gasteiger partial charge in [0, 0.05) is 31.4 Å². The first-order valence-corrected chi connectivity index (χ1v) is 8.34. The Balaban J connectivity index is 2.74. The van der Waals surface area contributed by atoms with Crippen molar-refractivity contribution in [1.82, 2.24) is 0 Å². The Kier molecular flexibility index (Phi) is 7.85. The molecule has 2 aromatic carbocycles. The molecule has 0 fully saturated rings. The number of rotatable bonds is 10. The smallest absolute Gasteiger partial charge is 0.310 e. The summed E-state index contributed by atoms with van der Waals surface area (Å²) >= 11 is 0. The molecule has 0 unspecified atom stereocenters. The molecular weight excluding hydrogens is 348 g/mol. The van der Waals surface area contributed by atoms with Crippen LogP contribution in [-0.2, 0) is 25.4 Å². The highest BCUT2D eigenvalue weighted by molar-refractivity contribution is 5.86. The number of hydrogen-bond acceptors (Lipinski definition) is 6. The summed E-state index contributed by atoms with van der Waals surface area (Å²) in [5, 5.41) is 0. The van der Waals surface area contributed by atoms with Gasteiger partial charge in [0.05, 0.1) is 13.5 Å². The maximum atomic E-state index is 12.1. The number of hydrogen-bond donors (Lipinski definition) is 0. The van der Waals surface area contributed by atoms with E-state index in [1.807, 2.05) is 30.3 Å². The fourth-order valence-corrected chi connectivity index (χ4v) is 2.72. The molecule has 144 valence electrons. The van der Waals surface area contributed by atoms with Gasteiger partial charge in [-0.15, -0.1) is 0 Å². The van der Waals surface area contributed by atoms with Crippen molar-refractivity contribution in [2.45, 2.75) is 6.42 Å². The third-order valence-electron chi connectivity index (χ3n) is 3.88. The maximum Gasteiger partial charge on any atom is 0.310 e. The van der Waals surface area contributed by atoms with Gasteiger partial charge in [0.15, 0.2) is 13.6 Å². The molecule has 27 heavy (non-hydrogen) atoms. The molecule has 0 spiro atoms. The second-order valence-corrected chi connectivity index (χ2v) is 5.56. The second-order valence-electron chi connectivity index (χ2n) is 5.56. The van der Waals surface area contributed by atoms with Crippen LogP contribution in [0.25, 0.3) is 17.2 Å². The molecule has 0 saturated heterocycles. The van der Waals surface area contributed by atoms with Crippen LogP contribution in [0.4, 0.5) is 0 Å². The summed E-state index contributed by atoms with van der Waals surface area (Å²) < 4.78 is 26.4. The van der Waals surface area contributed by atoms with Gasteiger partial charge in [-0.1, -0.05) is 43.0 Å². The van der Waals surface area contributed by atoms with E-state index in [9.17, 15) is 4.79 Å². The number of ether oxygens (including phenoxy) is 5. The number of carbonyl (C=O) groups is 1. The Labute approximate surface area is 159 Å². The molecule has 0 bridgehead atoms. The predicted molar refractivity (Wildman–Crippen MR) is 103 cm³/mol. The largest absolute Gasteiger partial charge is 0.469 e. The zero-order valence-corrected chi connectivity index (χ0v) is 15.8. The molecule has 0 aliphatic carbocycles. The Morgan fingerprint density at radius 2 is 1.63 bits per heavy atom. The lowest BCUT2D eigenvalue weighted by Gasteiger charge is -2.21. The lowest BCUT2D eigenvalue weighted by atomic mass is 9.91. The van der Waals surface area contributed by atoms with Crippen LogP contribution >= 0.6 is 0 Å². The number of carbonyl (C=O) groups excluding carboxylic acids is 1. The molecule has 2 aromatic rings. The van der Waals surface area contributed by atoms with E-state index in [2.05, 4.69) is 6.58 Å². The monoisotopic (exact) mass is 372 g/mol. The van der Waals surface area contributed by atoms with Gasteiger partial charge in [0.25, 0.3) is 0 Å². The minimum Gasteiger partial charge on any atom is -0.469 e. The van der Waals surface area contributed by atoms with Crippen molar-refractivity contribution in [2.75, 3.05) is 34.9 Å². The van der Waals surface area contributed by atoms with Crippen LogP contribution in [0.15, 0.2) is 43.0 Å². The molecule has 0 aromatic heterocycles. The minimum atomic E-state index is -0.378. The van der Waals surface area contributed by atoms with Crippen molar-refractivity contribution >= 4 is 12.0 Å². The van der Waals surface area contributed by atoms with Gasteiger partial charge in [-0.05, 0) is 11.1 Å². The molecule has 0 N–H and O–H groups in total. The lowest BCUT2D eigenvalue weighted by Crippen LogP contribution is -2.11. The van der Waals surface area contributed by atoms with Crippen LogP contribution in [-0.4, -0.2) is 40.9 Å². The highest BCUT2D eigenvalue weighted by Crippen LogP contribution is 2.41. The quantitative estimate of drug-likeness (QED) is 0.468. The fourth-order valence-electron chi connectivity index (χ4n) is 2.72. The third-order valence-corrected chi connectivity index (χ3v) is 3.88. The Bertz CT molecular complexity index is 770. The Hall–Kier alpha value is -2.83. The summed E-state index contributed by atoms with van der Waals surface area (Å²) in [6.45, 7) is 3.98. The number of methoxy groups -OCH3 is 3. The van der Waals surface area contributed by atoms with Crippen LogP contribution in [0.2, 0.25) is 0 Å². The summed E-state index contributed by atoms with van der Waals surface area (Å²) in [7, 11) is 4.42. The highest BCUT2D eigenvalue weighted by atomic mass is 16.7. The number of benzene rings is 2. The summed E-state index contributed by atoms with van der Waals surface area (Å²) in [5.41, 5.74) is 3.03. The molecule has 6 heteroatoms. The van der Waals surface area contributed by atoms with Gasteiger partial charge in [-0.25, -0.2) is 0 Å². The van der Waals surface area contributed by atoms with Crippen LogP contribution in [0, 0.1) is 0 Å². The zero-order chi connectivity index (χ0) is 19.6. The molecule has 0 amide bonds. The van der Waals surface area contributed by atoms with E-state index < -0.39 is 0 Å². The van der Waals surface area contributed by atoms with Gasteiger partial charge in [0.1, 0.15) is 11.5 Å². The van der Waals surface area contributed by atoms with E-state index in [1.165, 1.54) is 21.3 Å². The lowest BCUT2D eigenvalue weighted by molar-refractivity contribution is -0.139. The van der Waals surface area contributed by atoms with E-state index >= 15 is 0 Å². The minimum absolute atomic E-state index is 0.0373. The van der Waals surface area contributed by atoms with E-state index in [0.29, 0.717) is 22.6 Å². The van der Waals surface area contributed by atoms with Crippen molar-refractivity contribution in [1.29, 1.82) is 0 Å². The highest BCUT2D eigenvalue weighted by Gasteiger charge is 2.22. The predicted octanol–water partition coefficient (Wildman–Crippen LogP) is 3.68. The Morgan fingerprint density at radius 1 is 1.00 bits per heavy atom. The Morgan fingerprint density at radius 3 is 2.19 bits per heavy atom. The van der Waals surface area contributed by atoms with E-state index in [4.69, 9.17) is 23.7 Å². The molecule has 0 aliphatic heterocycles. The van der Waals surface area contributed by atoms with Gasteiger partial charge >= 0.3 is 5.97 Å². The summed E-state index contributed by atoms with van der Waals surface area (Å²) in [6, 6.07) is 11.4. The average molecular weight is 372 g/mol. The summed E-state index contributed by atoms with van der Waals surface area (Å²) in [6.07, 6.45) is 1.69. The summed E-state index contributed by atoms with van der Waals surface area (Å²) in [5.74, 6) is 0.645. The molecular formula is C21H24O6. The normalized spacial score (nSPS) is 10.3. The third kappa shape index (κ3) is 5.09. The van der Waals surface area contributed by atoms with Crippen molar-refractivity contribution in [2.24, 2.45) is 0 Å². The van der Waals surface area contributed by atoms with Crippen molar-refractivity contribution in [3.8, 4) is 22.6 Å². The molecule has 6 nitrogen and oxygen atoms in total. The fraction of sp³-hybridized carbons (Fsp3) is 0.286. The zero-order valence-electron chi connectivity index (χ0n) is 15.8. The molecule has 0 heterocycles. The van der Waals surface area contributed by atoms with Crippen molar-refractivity contribution < 1.29 is 28.5 Å². The molecule has 0 atom stereocenters. The first-order chi connectivity index (χ1) is 13.2. The second kappa shape index (κ2) is 10.4. The maximum absolute atomic E-state index is 12.1. The number of esters is 1.